The fourth-order valence-corrected chi connectivity index (χ4v) is 6.55. The molecule has 0 unspecified atom stereocenters. The molecule has 0 bridgehead atoms. The summed E-state index contributed by atoms with van der Waals surface area (Å²) in [5.41, 5.74) is 6.51. The van der Waals surface area contributed by atoms with Gasteiger partial charge in [0.05, 0.1) is 42.1 Å². The number of methoxy groups -OCH3 is 1. The van der Waals surface area contributed by atoms with E-state index in [4.69, 9.17) is 19.2 Å². The molecule has 1 fully saturated rings. The summed E-state index contributed by atoms with van der Waals surface area (Å²) in [6, 6.07) is 15.9. The molecule has 6 aromatic rings. The van der Waals surface area contributed by atoms with E-state index < -0.39 is 0 Å². The molecule has 0 spiro atoms. The molecular formula is C34H34N6O4. The number of carbonyl (C=O) groups is 1. The Morgan fingerprint density at radius 2 is 1.84 bits per heavy atom. The minimum absolute atomic E-state index is 0.0120. The van der Waals surface area contributed by atoms with Gasteiger partial charge < -0.3 is 24.3 Å². The molecule has 0 saturated carbocycles. The molecule has 7 rings (SSSR count). The van der Waals surface area contributed by atoms with Crippen LogP contribution in [-0.2, 0) is 0 Å². The normalized spacial score (nSPS) is 16.0. The molecule has 1 amide bonds. The van der Waals surface area contributed by atoms with Crippen LogP contribution in [0.15, 0.2) is 53.1 Å². The summed E-state index contributed by atoms with van der Waals surface area (Å²) < 4.78 is 11.3. The third kappa shape index (κ3) is 4.40. The maximum atomic E-state index is 13.8. The number of aliphatic hydroxyl groups is 1. The number of aromatic amines is 1. The van der Waals surface area contributed by atoms with E-state index in [0.29, 0.717) is 36.8 Å². The molecule has 10 nitrogen and oxygen atoms in total. The molecule has 4 heterocycles. The molecule has 10 heteroatoms. The Hall–Kier alpha value is -4.80. The number of benzene rings is 3. The second-order valence-electron chi connectivity index (χ2n) is 11.5. The summed E-state index contributed by atoms with van der Waals surface area (Å²) in [7, 11) is 3.64. The van der Waals surface area contributed by atoms with Gasteiger partial charge in [-0.1, -0.05) is 35.5 Å². The predicted molar refractivity (Wildman–Crippen MR) is 170 cm³/mol. The van der Waals surface area contributed by atoms with E-state index in [9.17, 15) is 9.90 Å². The van der Waals surface area contributed by atoms with Crippen LogP contribution in [0.1, 0.15) is 27.6 Å². The number of likely N-dealkylation sites (N-methyl/N-ethyl adjacent to an activating group) is 1. The molecule has 0 aliphatic carbocycles. The molecule has 1 aliphatic heterocycles. The van der Waals surface area contributed by atoms with Gasteiger partial charge in [-0.3, -0.25) is 9.69 Å². The van der Waals surface area contributed by atoms with Gasteiger partial charge in [0.2, 0.25) is 0 Å². The van der Waals surface area contributed by atoms with E-state index in [1.807, 2.05) is 75.2 Å². The highest BCUT2D eigenvalue weighted by Gasteiger charge is 2.29. The number of carbonyl (C=O) groups excluding carboxylic acids is 1. The Morgan fingerprint density at radius 1 is 1.05 bits per heavy atom. The maximum Gasteiger partial charge on any atom is 0.254 e. The molecule has 224 valence electrons. The molecule has 1 atom stereocenters. The molecule has 44 heavy (non-hydrogen) atoms. The Labute approximate surface area is 254 Å². The first-order valence-electron chi connectivity index (χ1n) is 14.7. The third-order valence-electron chi connectivity index (χ3n) is 8.87. The maximum absolute atomic E-state index is 13.8. The van der Waals surface area contributed by atoms with Crippen molar-refractivity contribution in [3.05, 3.63) is 71.4 Å². The van der Waals surface area contributed by atoms with Crippen LogP contribution in [0, 0.1) is 20.8 Å². The van der Waals surface area contributed by atoms with Crippen molar-refractivity contribution in [2.75, 3.05) is 40.4 Å². The number of aromatic nitrogens is 4. The lowest BCUT2D eigenvalue weighted by molar-refractivity contribution is 0.0422. The van der Waals surface area contributed by atoms with E-state index in [0.717, 1.165) is 66.5 Å². The van der Waals surface area contributed by atoms with Crippen LogP contribution < -0.4 is 4.74 Å². The van der Waals surface area contributed by atoms with Crippen LogP contribution in [0.4, 0.5) is 0 Å². The predicted octanol–water partition coefficient (Wildman–Crippen LogP) is 5.27. The summed E-state index contributed by atoms with van der Waals surface area (Å²) in [5, 5.41) is 17.6. The van der Waals surface area contributed by atoms with Crippen molar-refractivity contribution in [2.45, 2.75) is 26.8 Å². The van der Waals surface area contributed by atoms with Gasteiger partial charge in [0.15, 0.2) is 0 Å². The largest absolute Gasteiger partial charge is 0.496 e. The van der Waals surface area contributed by atoms with Crippen molar-refractivity contribution in [3.8, 4) is 28.1 Å². The Balaban J connectivity index is 1.41. The lowest BCUT2D eigenvalue weighted by Crippen LogP contribution is -2.54. The minimum Gasteiger partial charge on any atom is -0.496 e. The van der Waals surface area contributed by atoms with Crippen LogP contribution in [0.3, 0.4) is 0 Å². The molecule has 0 radical (unpaired) electrons. The second-order valence-corrected chi connectivity index (χ2v) is 11.5. The van der Waals surface area contributed by atoms with Crippen molar-refractivity contribution in [1.29, 1.82) is 0 Å². The van der Waals surface area contributed by atoms with Crippen molar-refractivity contribution >= 4 is 38.6 Å². The van der Waals surface area contributed by atoms with Crippen LogP contribution in [0.2, 0.25) is 0 Å². The highest BCUT2D eigenvalue weighted by atomic mass is 16.5. The zero-order valence-corrected chi connectivity index (χ0v) is 25.4. The van der Waals surface area contributed by atoms with E-state index in [2.05, 4.69) is 21.1 Å². The van der Waals surface area contributed by atoms with E-state index >= 15 is 0 Å². The summed E-state index contributed by atoms with van der Waals surface area (Å²) in [6.45, 7) is 7.52. The van der Waals surface area contributed by atoms with Crippen molar-refractivity contribution < 1.29 is 19.2 Å². The average Bonchev–Trinajstić information content (AvgIpc) is 3.56. The molecular weight excluding hydrogens is 556 g/mol. The number of ether oxygens (including phenoxy) is 1. The number of nitrogens with zero attached hydrogens (tertiary/aromatic N) is 5. The van der Waals surface area contributed by atoms with Gasteiger partial charge in [-0.05, 0) is 56.8 Å². The van der Waals surface area contributed by atoms with Gasteiger partial charge in [0.25, 0.3) is 5.91 Å². The summed E-state index contributed by atoms with van der Waals surface area (Å²) in [5.74, 6) is 2.01. The number of hydrogen-bond donors (Lipinski definition) is 2. The lowest BCUT2D eigenvalue weighted by atomic mass is 9.94. The first-order chi connectivity index (χ1) is 21.3. The van der Waals surface area contributed by atoms with E-state index in [-0.39, 0.29) is 18.6 Å². The Morgan fingerprint density at radius 3 is 2.57 bits per heavy atom. The number of piperazine rings is 1. The summed E-state index contributed by atoms with van der Waals surface area (Å²) >= 11 is 0. The molecule has 1 saturated heterocycles. The van der Waals surface area contributed by atoms with Gasteiger partial charge in [0.1, 0.15) is 23.0 Å². The minimum atomic E-state index is -0.0764. The highest BCUT2D eigenvalue weighted by molar-refractivity contribution is 6.17. The number of amides is 1. The number of rotatable bonds is 5. The fourth-order valence-electron chi connectivity index (χ4n) is 6.55. The molecule has 3 aromatic carbocycles. The molecule has 1 aliphatic rings. The SMILES string of the molecule is COc1cc2c(cc1-c1c(C)noc1C)[nH]c1nc(C)nc(-c3ccc(C(=O)N4CCN(C)[C@@H](CO)C4)c4ccccc34)c12. The lowest BCUT2D eigenvalue weighted by Gasteiger charge is -2.38. The smallest absolute Gasteiger partial charge is 0.254 e. The van der Waals surface area contributed by atoms with Crippen LogP contribution in [0.25, 0.3) is 55.1 Å². The summed E-state index contributed by atoms with van der Waals surface area (Å²) in [4.78, 5) is 31.0. The zero-order valence-electron chi connectivity index (χ0n) is 25.4. The number of aryl methyl sites for hydroxylation is 3. The highest BCUT2D eigenvalue weighted by Crippen LogP contribution is 2.42. The topological polar surface area (TPSA) is 121 Å². The van der Waals surface area contributed by atoms with Crippen LogP contribution in [-0.4, -0.2) is 87.4 Å². The zero-order chi connectivity index (χ0) is 30.7. The van der Waals surface area contributed by atoms with Crippen LogP contribution in [0.5, 0.6) is 5.75 Å². The van der Waals surface area contributed by atoms with Gasteiger partial charge in [-0.15, -0.1) is 0 Å². The molecule has 3 aromatic heterocycles. The summed E-state index contributed by atoms with van der Waals surface area (Å²) in [6.07, 6.45) is 0. The average molecular weight is 591 g/mol. The second kappa shape index (κ2) is 10.7. The molecule has 2 N–H and O–H groups in total. The van der Waals surface area contributed by atoms with E-state index in [1.165, 1.54) is 0 Å². The standard InChI is InChI=1S/C34H34N6O4/c1-18-30(19(2)44-38-18)27-14-28-26(15-29(27)43-5)31-32(35-20(3)36-33(31)37-28)24-10-11-25(23-9-7-6-8-22(23)24)34(42)40-13-12-39(4)21(16-40)17-41/h6-11,14-15,21,41H,12-13,16-17H2,1-5H3,(H,35,36,37)/t21-/m1/s1. The number of fused-ring (bicyclic) bond motifs is 4. The van der Waals surface area contributed by atoms with Gasteiger partial charge in [-0.2, -0.15) is 0 Å². The monoisotopic (exact) mass is 590 g/mol. The van der Waals surface area contributed by atoms with Gasteiger partial charge in [-0.25, -0.2) is 9.97 Å². The third-order valence-corrected chi connectivity index (χ3v) is 8.87. The van der Waals surface area contributed by atoms with Gasteiger partial charge in [0, 0.05) is 47.2 Å². The first kappa shape index (κ1) is 28.0. The van der Waals surface area contributed by atoms with E-state index in [1.54, 1.807) is 7.11 Å². The quantitative estimate of drug-likeness (QED) is 0.279. The van der Waals surface area contributed by atoms with Crippen molar-refractivity contribution in [1.82, 2.24) is 29.9 Å². The number of aliphatic hydroxyl groups excluding tert-OH is 1. The number of hydrogen-bond acceptors (Lipinski definition) is 8. The van der Waals surface area contributed by atoms with Crippen LogP contribution >= 0.6 is 0 Å². The van der Waals surface area contributed by atoms with Crippen molar-refractivity contribution in [3.63, 3.8) is 0 Å². The first-order valence-corrected chi connectivity index (χ1v) is 14.7. The van der Waals surface area contributed by atoms with Crippen molar-refractivity contribution in [2.24, 2.45) is 0 Å². The number of nitrogens with one attached hydrogen (secondary N) is 1. The number of H-pyrrole nitrogens is 1. The fraction of sp³-hybridized carbons (Fsp3) is 0.294. The Kier molecular flexibility index (Phi) is 6.83. The van der Waals surface area contributed by atoms with Gasteiger partial charge >= 0.3 is 0 Å². The Bertz CT molecular complexity index is 2060.